The fraction of sp³-hybridized carbons (Fsp3) is 0.385. The molecule has 0 aliphatic rings. The molecular formula is C13H16N2. The Morgan fingerprint density at radius 1 is 1.27 bits per heavy atom. The van der Waals surface area contributed by atoms with Gasteiger partial charge in [0.05, 0.1) is 11.0 Å². The monoisotopic (exact) mass is 200 g/mol. The molecule has 0 aliphatic heterocycles. The highest BCUT2D eigenvalue weighted by atomic mass is 14.8. The second kappa shape index (κ2) is 3.97. The predicted molar refractivity (Wildman–Crippen MR) is 63.0 cm³/mol. The maximum Gasteiger partial charge on any atom is 0.0890 e. The lowest BCUT2D eigenvalue weighted by molar-refractivity contribution is 0.829. The number of hydrogen-bond acceptors (Lipinski definition) is 2. The van der Waals surface area contributed by atoms with Crippen LogP contribution in [0.1, 0.15) is 37.9 Å². The Balaban J connectivity index is 2.69. The number of aryl methyl sites for hydroxylation is 1. The molecule has 0 atom stereocenters. The molecule has 2 aromatic rings. The van der Waals surface area contributed by atoms with Crippen LogP contribution >= 0.6 is 0 Å². The molecule has 0 bridgehead atoms. The van der Waals surface area contributed by atoms with E-state index in [-0.39, 0.29) is 0 Å². The topological polar surface area (TPSA) is 25.8 Å². The van der Waals surface area contributed by atoms with Gasteiger partial charge in [-0.05, 0) is 36.1 Å². The minimum absolute atomic E-state index is 0.513. The van der Waals surface area contributed by atoms with E-state index in [1.807, 2.05) is 18.3 Å². The fourth-order valence-corrected chi connectivity index (χ4v) is 1.84. The molecule has 0 amide bonds. The SMILES string of the molecule is CCc1nc2cccnc2cc1C(C)C. The number of fused-ring (bicyclic) bond motifs is 1. The van der Waals surface area contributed by atoms with Crippen LogP contribution in [0.15, 0.2) is 24.4 Å². The molecule has 0 radical (unpaired) electrons. The van der Waals surface area contributed by atoms with Crippen LogP contribution in [-0.4, -0.2) is 9.97 Å². The molecule has 2 aromatic heterocycles. The largest absolute Gasteiger partial charge is 0.255 e. The Hall–Kier alpha value is -1.44. The van der Waals surface area contributed by atoms with Gasteiger partial charge in [-0.2, -0.15) is 0 Å². The van der Waals surface area contributed by atoms with Crippen LogP contribution in [0.3, 0.4) is 0 Å². The summed E-state index contributed by atoms with van der Waals surface area (Å²) >= 11 is 0. The molecule has 0 spiro atoms. The Bertz CT molecular complexity index is 475. The summed E-state index contributed by atoms with van der Waals surface area (Å²) in [6, 6.07) is 6.13. The number of hydrogen-bond donors (Lipinski definition) is 0. The van der Waals surface area contributed by atoms with Crippen LogP contribution in [-0.2, 0) is 6.42 Å². The lowest BCUT2D eigenvalue weighted by Crippen LogP contribution is -1.99. The van der Waals surface area contributed by atoms with Gasteiger partial charge in [-0.1, -0.05) is 20.8 Å². The summed E-state index contributed by atoms with van der Waals surface area (Å²) in [5.74, 6) is 0.513. The Labute approximate surface area is 90.4 Å². The van der Waals surface area contributed by atoms with E-state index in [0.29, 0.717) is 5.92 Å². The van der Waals surface area contributed by atoms with Crippen molar-refractivity contribution in [1.29, 1.82) is 0 Å². The smallest absolute Gasteiger partial charge is 0.0890 e. The van der Waals surface area contributed by atoms with E-state index in [1.165, 1.54) is 11.3 Å². The second-order valence-electron chi connectivity index (χ2n) is 4.07. The van der Waals surface area contributed by atoms with Gasteiger partial charge in [0.1, 0.15) is 0 Å². The third-order valence-corrected chi connectivity index (χ3v) is 2.65. The normalized spacial score (nSPS) is 11.2. The lowest BCUT2D eigenvalue weighted by atomic mass is 9.99. The van der Waals surface area contributed by atoms with Crippen molar-refractivity contribution >= 4 is 11.0 Å². The van der Waals surface area contributed by atoms with Crippen LogP contribution in [0, 0.1) is 0 Å². The zero-order valence-electron chi connectivity index (χ0n) is 9.49. The van der Waals surface area contributed by atoms with Crippen molar-refractivity contribution < 1.29 is 0 Å². The van der Waals surface area contributed by atoms with Crippen molar-refractivity contribution in [3.8, 4) is 0 Å². The molecule has 2 heteroatoms. The zero-order valence-corrected chi connectivity index (χ0v) is 9.49. The quantitative estimate of drug-likeness (QED) is 0.743. The summed E-state index contributed by atoms with van der Waals surface area (Å²) < 4.78 is 0. The maximum absolute atomic E-state index is 4.65. The van der Waals surface area contributed by atoms with E-state index in [0.717, 1.165) is 17.5 Å². The summed E-state index contributed by atoms with van der Waals surface area (Å²) in [6.45, 7) is 6.55. The van der Waals surface area contributed by atoms with Gasteiger partial charge < -0.3 is 0 Å². The molecule has 2 nitrogen and oxygen atoms in total. The first-order chi connectivity index (χ1) is 7.22. The molecule has 0 aromatic carbocycles. The van der Waals surface area contributed by atoms with Crippen molar-refractivity contribution in [3.63, 3.8) is 0 Å². The number of pyridine rings is 2. The van der Waals surface area contributed by atoms with Crippen LogP contribution < -0.4 is 0 Å². The van der Waals surface area contributed by atoms with E-state index in [9.17, 15) is 0 Å². The second-order valence-corrected chi connectivity index (χ2v) is 4.07. The van der Waals surface area contributed by atoms with E-state index in [1.54, 1.807) is 0 Å². The van der Waals surface area contributed by atoms with Crippen LogP contribution in [0.25, 0.3) is 11.0 Å². The average Bonchev–Trinajstić information content (AvgIpc) is 2.27. The van der Waals surface area contributed by atoms with E-state index >= 15 is 0 Å². The Morgan fingerprint density at radius 3 is 2.73 bits per heavy atom. The number of rotatable bonds is 2. The highest BCUT2D eigenvalue weighted by Crippen LogP contribution is 2.22. The van der Waals surface area contributed by atoms with Crippen molar-refractivity contribution in [2.45, 2.75) is 33.1 Å². The molecule has 15 heavy (non-hydrogen) atoms. The van der Waals surface area contributed by atoms with E-state index in [4.69, 9.17) is 0 Å². The van der Waals surface area contributed by atoms with Gasteiger partial charge in [0.25, 0.3) is 0 Å². The van der Waals surface area contributed by atoms with E-state index < -0.39 is 0 Å². The minimum atomic E-state index is 0.513. The van der Waals surface area contributed by atoms with Gasteiger partial charge in [0.2, 0.25) is 0 Å². The first-order valence-corrected chi connectivity index (χ1v) is 5.47. The van der Waals surface area contributed by atoms with Crippen molar-refractivity contribution in [2.75, 3.05) is 0 Å². The van der Waals surface area contributed by atoms with Crippen LogP contribution in [0.2, 0.25) is 0 Å². The molecule has 0 unspecified atom stereocenters. The average molecular weight is 200 g/mol. The van der Waals surface area contributed by atoms with Gasteiger partial charge in [0, 0.05) is 11.9 Å². The third-order valence-electron chi connectivity index (χ3n) is 2.65. The van der Waals surface area contributed by atoms with Gasteiger partial charge in [-0.25, -0.2) is 0 Å². The summed E-state index contributed by atoms with van der Waals surface area (Å²) in [7, 11) is 0. The first kappa shape index (κ1) is 10.1. The molecule has 2 heterocycles. The molecule has 78 valence electrons. The highest BCUT2D eigenvalue weighted by Gasteiger charge is 2.08. The summed E-state index contributed by atoms with van der Waals surface area (Å²) in [4.78, 5) is 8.99. The standard InChI is InChI=1S/C13H16N2/c1-4-11-10(9(2)3)8-13-12(15-11)6-5-7-14-13/h5-9H,4H2,1-3H3. The molecule has 0 saturated heterocycles. The molecule has 2 rings (SSSR count). The maximum atomic E-state index is 4.65. The zero-order chi connectivity index (χ0) is 10.8. The van der Waals surface area contributed by atoms with Crippen molar-refractivity contribution in [3.05, 3.63) is 35.7 Å². The highest BCUT2D eigenvalue weighted by molar-refractivity contribution is 5.75. The van der Waals surface area contributed by atoms with Gasteiger partial charge in [-0.15, -0.1) is 0 Å². The minimum Gasteiger partial charge on any atom is -0.255 e. The van der Waals surface area contributed by atoms with Gasteiger partial charge in [-0.3, -0.25) is 9.97 Å². The molecule has 0 saturated carbocycles. The first-order valence-electron chi connectivity index (χ1n) is 5.47. The number of aromatic nitrogens is 2. The van der Waals surface area contributed by atoms with E-state index in [2.05, 4.69) is 36.8 Å². The number of nitrogens with zero attached hydrogens (tertiary/aromatic N) is 2. The molecular weight excluding hydrogens is 184 g/mol. The van der Waals surface area contributed by atoms with Crippen molar-refractivity contribution in [1.82, 2.24) is 9.97 Å². The lowest BCUT2D eigenvalue weighted by Gasteiger charge is -2.11. The summed E-state index contributed by atoms with van der Waals surface area (Å²) in [5, 5.41) is 0. The molecule has 0 fully saturated rings. The van der Waals surface area contributed by atoms with Crippen LogP contribution in [0.5, 0.6) is 0 Å². The Morgan fingerprint density at radius 2 is 2.07 bits per heavy atom. The Kier molecular flexibility index (Phi) is 2.67. The third kappa shape index (κ3) is 1.84. The summed E-state index contributed by atoms with van der Waals surface area (Å²) in [5.41, 5.74) is 4.52. The molecule has 0 aliphatic carbocycles. The van der Waals surface area contributed by atoms with Gasteiger partial charge >= 0.3 is 0 Å². The summed E-state index contributed by atoms with van der Waals surface area (Å²) in [6.07, 6.45) is 2.80. The van der Waals surface area contributed by atoms with Crippen molar-refractivity contribution in [2.24, 2.45) is 0 Å². The van der Waals surface area contributed by atoms with Gasteiger partial charge in [0.15, 0.2) is 0 Å². The predicted octanol–water partition coefficient (Wildman–Crippen LogP) is 3.32. The van der Waals surface area contributed by atoms with Crippen LogP contribution in [0.4, 0.5) is 0 Å². The fourth-order valence-electron chi connectivity index (χ4n) is 1.84. The molecule has 0 N–H and O–H groups in total.